The predicted octanol–water partition coefficient (Wildman–Crippen LogP) is 1.82. The fourth-order valence-corrected chi connectivity index (χ4v) is 2.28. The molecular formula is C10H12BrFN2. The van der Waals surface area contributed by atoms with Gasteiger partial charge in [0.15, 0.2) is 0 Å². The van der Waals surface area contributed by atoms with Crippen molar-refractivity contribution in [1.82, 2.24) is 10.6 Å². The third-order valence-corrected chi connectivity index (χ3v) is 3.07. The molecule has 0 spiro atoms. The van der Waals surface area contributed by atoms with Crippen LogP contribution in [0, 0.1) is 5.82 Å². The van der Waals surface area contributed by atoms with Crippen LogP contribution in [-0.4, -0.2) is 19.6 Å². The van der Waals surface area contributed by atoms with Crippen LogP contribution in [0.2, 0.25) is 0 Å². The second-order valence-electron chi connectivity index (χ2n) is 3.38. The van der Waals surface area contributed by atoms with Gasteiger partial charge in [0.2, 0.25) is 0 Å². The molecule has 1 aliphatic heterocycles. The summed E-state index contributed by atoms with van der Waals surface area (Å²) in [6.07, 6.45) is 0. The lowest BCUT2D eigenvalue weighted by Crippen LogP contribution is -2.42. The van der Waals surface area contributed by atoms with Crippen LogP contribution in [0.15, 0.2) is 22.7 Å². The van der Waals surface area contributed by atoms with E-state index in [1.54, 1.807) is 0 Å². The first kappa shape index (κ1) is 10.1. The molecule has 14 heavy (non-hydrogen) atoms. The molecular weight excluding hydrogens is 247 g/mol. The average molecular weight is 259 g/mol. The van der Waals surface area contributed by atoms with E-state index in [1.165, 1.54) is 12.1 Å². The summed E-state index contributed by atoms with van der Waals surface area (Å²) >= 11 is 3.37. The van der Waals surface area contributed by atoms with E-state index in [-0.39, 0.29) is 11.9 Å². The summed E-state index contributed by atoms with van der Waals surface area (Å²) < 4.78 is 13.7. The van der Waals surface area contributed by atoms with Crippen molar-refractivity contribution >= 4 is 15.9 Å². The zero-order valence-electron chi connectivity index (χ0n) is 7.69. The summed E-state index contributed by atoms with van der Waals surface area (Å²) in [5.74, 6) is -0.204. The normalized spacial score (nSPS) is 22.3. The van der Waals surface area contributed by atoms with Gasteiger partial charge in [0, 0.05) is 30.1 Å². The molecule has 0 unspecified atom stereocenters. The molecule has 0 saturated carbocycles. The lowest BCUT2D eigenvalue weighted by atomic mass is 10.1. The molecule has 2 nitrogen and oxygen atoms in total. The summed E-state index contributed by atoms with van der Waals surface area (Å²) in [6.45, 7) is 2.84. The number of piperazine rings is 1. The Balaban J connectivity index is 2.22. The highest BCUT2D eigenvalue weighted by atomic mass is 79.9. The summed E-state index contributed by atoms with van der Waals surface area (Å²) in [5, 5.41) is 6.68. The largest absolute Gasteiger partial charge is 0.314 e. The van der Waals surface area contributed by atoms with E-state index in [0.717, 1.165) is 29.7 Å². The highest BCUT2D eigenvalue weighted by Gasteiger charge is 2.16. The lowest BCUT2D eigenvalue weighted by molar-refractivity contribution is 0.428. The van der Waals surface area contributed by atoms with Gasteiger partial charge in [0.05, 0.1) is 0 Å². The van der Waals surface area contributed by atoms with E-state index in [9.17, 15) is 4.39 Å². The summed E-state index contributed by atoms with van der Waals surface area (Å²) in [7, 11) is 0. The van der Waals surface area contributed by atoms with Gasteiger partial charge in [-0.1, -0.05) is 22.0 Å². The molecule has 0 bridgehead atoms. The molecule has 2 N–H and O–H groups in total. The molecule has 0 aliphatic carbocycles. The van der Waals surface area contributed by atoms with Gasteiger partial charge in [0.1, 0.15) is 5.82 Å². The minimum absolute atomic E-state index is 0.204. The number of hydrogen-bond donors (Lipinski definition) is 2. The van der Waals surface area contributed by atoms with Gasteiger partial charge in [0.25, 0.3) is 0 Å². The maximum absolute atomic E-state index is 12.8. The topological polar surface area (TPSA) is 24.1 Å². The van der Waals surface area contributed by atoms with Crippen molar-refractivity contribution in [2.45, 2.75) is 6.04 Å². The van der Waals surface area contributed by atoms with E-state index in [2.05, 4.69) is 26.6 Å². The maximum Gasteiger partial charge on any atom is 0.124 e. The smallest absolute Gasteiger partial charge is 0.124 e. The van der Waals surface area contributed by atoms with Gasteiger partial charge in [-0.3, -0.25) is 0 Å². The van der Waals surface area contributed by atoms with Crippen molar-refractivity contribution in [3.63, 3.8) is 0 Å². The van der Waals surface area contributed by atoms with Crippen LogP contribution in [-0.2, 0) is 0 Å². The number of halogens is 2. The van der Waals surface area contributed by atoms with E-state index >= 15 is 0 Å². The minimum atomic E-state index is -0.204. The third kappa shape index (κ3) is 2.13. The average Bonchev–Trinajstić information content (AvgIpc) is 2.19. The molecule has 1 atom stereocenters. The van der Waals surface area contributed by atoms with Gasteiger partial charge in [-0.25, -0.2) is 4.39 Å². The van der Waals surface area contributed by atoms with Crippen molar-refractivity contribution in [1.29, 1.82) is 0 Å². The van der Waals surface area contributed by atoms with Gasteiger partial charge in [-0.05, 0) is 17.7 Å². The van der Waals surface area contributed by atoms with E-state index in [1.807, 2.05) is 6.07 Å². The van der Waals surface area contributed by atoms with Crippen molar-refractivity contribution in [3.8, 4) is 0 Å². The first-order chi connectivity index (χ1) is 6.77. The van der Waals surface area contributed by atoms with E-state index in [0.29, 0.717) is 0 Å². The zero-order chi connectivity index (χ0) is 9.97. The second-order valence-corrected chi connectivity index (χ2v) is 4.23. The zero-order valence-corrected chi connectivity index (χ0v) is 9.27. The van der Waals surface area contributed by atoms with Crippen LogP contribution in [0.25, 0.3) is 0 Å². The Hall–Kier alpha value is -0.450. The molecule has 1 heterocycles. The maximum atomic E-state index is 12.8. The minimum Gasteiger partial charge on any atom is -0.314 e. The molecule has 0 amide bonds. The van der Waals surface area contributed by atoms with Gasteiger partial charge in [-0.15, -0.1) is 0 Å². The Morgan fingerprint density at radius 2 is 2.21 bits per heavy atom. The van der Waals surface area contributed by atoms with Crippen molar-refractivity contribution in [3.05, 3.63) is 34.1 Å². The lowest BCUT2D eigenvalue weighted by Gasteiger charge is -2.25. The van der Waals surface area contributed by atoms with Gasteiger partial charge < -0.3 is 10.6 Å². The van der Waals surface area contributed by atoms with Crippen LogP contribution in [0.3, 0.4) is 0 Å². The molecule has 1 aliphatic rings. The van der Waals surface area contributed by atoms with E-state index in [4.69, 9.17) is 0 Å². The Labute approximate surface area is 91.0 Å². The first-order valence-electron chi connectivity index (χ1n) is 4.66. The van der Waals surface area contributed by atoms with Crippen LogP contribution in [0.1, 0.15) is 11.6 Å². The molecule has 1 aromatic carbocycles. The second kappa shape index (κ2) is 4.38. The highest BCUT2D eigenvalue weighted by Crippen LogP contribution is 2.24. The Morgan fingerprint density at radius 1 is 1.36 bits per heavy atom. The summed E-state index contributed by atoms with van der Waals surface area (Å²) in [6, 6.07) is 5.10. The molecule has 4 heteroatoms. The molecule has 0 radical (unpaired) electrons. The van der Waals surface area contributed by atoms with Crippen LogP contribution < -0.4 is 10.6 Å². The Bertz CT molecular complexity index is 324. The van der Waals surface area contributed by atoms with Crippen molar-refractivity contribution in [2.24, 2.45) is 0 Å². The van der Waals surface area contributed by atoms with Gasteiger partial charge in [-0.2, -0.15) is 0 Å². The predicted molar refractivity (Wildman–Crippen MR) is 57.7 cm³/mol. The Morgan fingerprint density at radius 3 is 2.86 bits per heavy atom. The molecule has 1 aromatic rings. The third-order valence-electron chi connectivity index (χ3n) is 2.38. The fourth-order valence-electron chi connectivity index (χ4n) is 1.66. The molecule has 1 fully saturated rings. The molecule has 2 rings (SSSR count). The SMILES string of the molecule is Fc1ccc([C@@H]2CNCCN2)c(Br)c1. The van der Waals surface area contributed by atoms with E-state index < -0.39 is 0 Å². The number of nitrogens with one attached hydrogen (secondary N) is 2. The number of benzene rings is 1. The highest BCUT2D eigenvalue weighted by molar-refractivity contribution is 9.10. The number of hydrogen-bond acceptors (Lipinski definition) is 2. The van der Waals surface area contributed by atoms with Crippen molar-refractivity contribution < 1.29 is 4.39 Å². The molecule has 1 saturated heterocycles. The molecule has 0 aromatic heterocycles. The van der Waals surface area contributed by atoms with Crippen LogP contribution >= 0.6 is 15.9 Å². The van der Waals surface area contributed by atoms with Crippen LogP contribution in [0.4, 0.5) is 4.39 Å². The quantitative estimate of drug-likeness (QED) is 0.803. The summed E-state index contributed by atoms with van der Waals surface area (Å²) in [5.41, 5.74) is 1.11. The standard InChI is InChI=1S/C10H12BrFN2/c11-9-5-7(12)1-2-8(9)10-6-13-3-4-14-10/h1-2,5,10,13-14H,3-4,6H2/t10-/m0/s1. The fraction of sp³-hybridized carbons (Fsp3) is 0.400. The monoisotopic (exact) mass is 258 g/mol. The number of rotatable bonds is 1. The van der Waals surface area contributed by atoms with Crippen LogP contribution in [0.5, 0.6) is 0 Å². The Kier molecular flexibility index (Phi) is 3.15. The molecule has 76 valence electrons. The van der Waals surface area contributed by atoms with Gasteiger partial charge >= 0.3 is 0 Å². The summed E-state index contributed by atoms with van der Waals surface area (Å²) in [4.78, 5) is 0. The van der Waals surface area contributed by atoms with Crippen molar-refractivity contribution in [2.75, 3.05) is 19.6 Å². The first-order valence-corrected chi connectivity index (χ1v) is 5.46.